The third-order valence-electron chi connectivity index (χ3n) is 5.31. The van der Waals surface area contributed by atoms with Crippen molar-refractivity contribution in [3.63, 3.8) is 0 Å². The molecule has 1 atom stereocenters. The molecule has 29 heavy (non-hydrogen) atoms. The first-order chi connectivity index (χ1) is 14.1. The summed E-state index contributed by atoms with van der Waals surface area (Å²) in [5, 5.41) is 9.89. The molecule has 0 unspecified atom stereocenters. The molecule has 0 aliphatic carbocycles. The van der Waals surface area contributed by atoms with E-state index in [4.69, 9.17) is 24.2 Å². The van der Waals surface area contributed by atoms with Gasteiger partial charge >= 0.3 is 6.16 Å². The third-order valence-corrected chi connectivity index (χ3v) is 5.31. The number of para-hydroxylation sites is 1. The molecule has 0 amide bonds. The highest BCUT2D eigenvalue weighted by atomic mass is 16.7. The molecule has 1 N–H and O–H groups in total. The van der Waals surface area contributed by atoms with Crippen LogP contribution in [0.5, 0.6) is 5.75 Å². The van der Waals surface area contributed by atoms with E-state index in [2.05, 4.69) is 11.8 Å². The first-order valence-corrected chi connectivity index (χ1v) is 9.57. The van der Waals surface area contributed by atoms with Crippen LogP contribution in [0.2, 0.25) is 0 Å². The van der Waals surface area contributed by atoms with Gasteiger partial charge in [-0.05, 0) is 44.0 Å². The van der Waals surface area contributed by atoms with E-state index in [1.54, 1.807) is 18.2 Å². The largest absolute Gasteiger partial charge is 0.511 e. The molecular formula is C22H19N3O4. The number of benzene rings is 2. The van der Waals surface area contributed by atoms with Crippen LogP contribution in [0.4, 0.5) is 10.6 Å². The Hall–Kier alpha value is -3.61. The first kappa shape index (κ1) is 17.5. The zero-order valence-corrected chi connectivity index (χ0v) is 15.8. The monoisotopic (exact) mass is 389 g/mol. The van der Waals surface area contributed by atoms with Gasteiger partial charge in [-0.3, -0.25) is 0 Å². The summed E-state index contributed by atoms with van der Waals surface area (Å²) in [6.07, 6.45) is 0.814. The van der Waals surface area contributed by atoms with Gasteiger partial charge in [0.15, 0.2) is 11.6 Å². The number of carbonyl (C=O) groups is 1. The molecule has 1 fully saturated rings. The smallest absolute Gasteiger partial charge is 0.454 e. The number of hydrogen-bond acceptors (Lipinski definition) is 6. The predicted molar refractivity (Wildman–Crippen MR) is 109 cm³/mol. The summed E-state index contributed by atoms with van der Waals surface area (Å²) in [5.74, 6) is 1.63. The molecule has 1 aliphatic rings. The lowest BCUT2D eigenvalue weighted by Gasteiger charge is -2.24. The van der Waals surface area contributed by atoms with Crippen LogP contribution in [0.1, 0.15) is 19.8 Å². The molecule has 4 aromatic rings. The van der Waals surface area contributed by atoms with Gasteiger partial charge in [-0.25, -0.2) is 14.8 Å². The Balaban J connectivity index is 1.71. The summed E-state index contributed by atoms with van der Waals surface area (Å²) >= 11 is 0. The number of fused-ring (bicyclic) bond motifs is 2. The second kappa shape index (κ2) is 6.77. The molecule has 0 radical (unpaired) electrons. The number of rotatable bonds is 3. The number of ether oxygens (including phenoxy) is 1. The third kappa shape index (κ3) is 3.14. The van der Waals surface area contributed by atoms with Crippen LogP contribution < -0.4 is 9.64 Å². The molecule has 3 heterocycles. The minimum Gasteiger partial charge on any atom is -0.454 e. The highest BCUT2D eigenvalue weighted by Crippen LogP contribution is 2.36. The van der Waals surface area contributed by atoms with Crippen LogP contribution in [0, 0.1) is 0 Å². The van der Waals surface area contributed by atoms with E-state index in [1.165, 1.54) is 0 Å². The molecule has 0 spiro atoms. The Morgan fingerprint density at radius 3 is 2.79 bits per heavy atom. The summed E-state index contributed by atoms with van der Waals surface area (Å²) in [6.45, 7) is 3.06. The molecule has 1 aliphatic heterocycles. The zero-order chi connectivity index (χ0) is 20.0. The van der Waals surface area contributed by atoms with E-state index in [0.717, 1.165) is 36.2 Å². The fourth-order valence-electron chi connectivity index (χ4n) is 3.90. The highest BCUT2D eigenvalue weighted by molar-refractivity contribution is 5.88. The van der Waals surface area contributed by atoms with Gasteiger partial charge in [-0.2, -0.15) is 0 Å². The summed E-state index contributed by atoms with van der Waals surface area (Å²) in [7, 11) is 0. The number of aromatic nitrogens is 2. The second-order valence-corrected chi connectivity index (χ2v) is 7.25. The molecule has 0 bridgehead atoms. The summed E-state index contributed by atoms with van der Waals surface area (Å²) < 4.78 is 10.9. The average molecular weight is 389 g/mol. The molecule has 2 aromatic carbocycles. The van der Waals surface area contributed by atoms with E-state index < -0.39 is 6.16 Å². The van der Waals surface area contributed by atoms with Crippen LogP contribution in [0.3, 0.4) is 0 Å². The van der Waals surface area contributed by atoms with E-state index >= 15 is 0 Å². The van der Waals surface area contributed by atoms with Gasteiger partial charge in [0.2, 0.25) is 0 Å². The Morgan fingerprint density at radius 1 is 1.17 bits per heavy atom. The molecule has 0 saturated carbocycles. The predicted octanol–water partition coefficient (Wildman–Crippen LogP) is 5.09. The van der Waals surface area contributed by atoms with Crippen LogP contribution in [-0.4, -0.2) is 33.8 Å². The lowest BCUT2D eigenvalue weighted by atomic mass is 10.2. The molecule has 2 aromatic heterocycles. The second-order valence-electron chi connectivity index (χ2n) is 7.25. The number of carboxylic acid groups (broad SMARTS) is 1. The van der Waals surface area contributed by atoms with E-state index in [9.17, 15) is 4.79 Å². The van der Waals surface area contributed by atoms with Gasteiger partial charge in [-0.1, -0.05) is 18.2 Å². The number of nitrogens with zero attached hydrogens (tertiary/aromatic N) is 3. The normalized spacial score (nSPS) is 16.6. The molecular weight excluding hydrogens is 370 g/mol. The van der Waals surface area contributed by atoms with Gasteiger partial charge < -0.3 is 19.2 Å². The van der Waals surface area contributed by atoms with Gasteiger partial charge in [-0.15, -0.1) is 0 Å². The fourth-order valence-corrected chi connectivity index (χ4v) is 3.90. The maximum Gasteiger partial charge on any atom is 0.511 e. The highest BCUT2D eigenvalue weighted by Gasteiger charge is 2.27. The van der Waals surface area contributed by atoms with Crippen molar-refractivity contribution in [2.24, 2.45) is 0 Å². The van der Waals surface area contributed by atoms with Crippen molar-refractivity contribution in [2.75, 3.05) is 11.4 Å². The fraction of sp³-hybridized carbons (Fsp3) is 0.227. The minimum atomic E-state index is -1.36. The van der Waals surface area contributed by atoms with Crippen LogP contribution in [0.15, 0.2) is 52.9 Å². The van der Waals surface area contributed by atoms with Gasteiger partial charge in [0.1, 0.15) is 17.0 Å². The van der Waals surface area contributed by atoms with Crippen molar-refractivity contribution in [3.05, 3.63) is 48.5 Å². The number of hydrogen-bond donors (Lipinski definition) is 1. The Morgan fingerprint density at radius 2 is 2.03 bits per heavy atom. The van der Waals surface area contributed by atoms with Gasteiger partial charge in [0, 0.05) is 24.0 Å². The zero-order valence-electron chi connectivity index (χ0n) is 15.8. The van der Waals surface area contributed by atoms with E-state index in [-0.39, 0.29) is 5.75 Å². The summed E-state index contributed by atoms with van der Waals surface area (Å²) in [4.78, 5) is 22.8. The summed E-state index contributed by atoms with van der Waals surface area (Å²) in [6, 6.07) is 15.1. The van der Waals surface area contributed by atoms with Crippen molar-refractivity contribution in [1.82, 2.24) is 9.97 Å². The van der Waals surface area contributed by atoms with Gasteiger partial charge in [0.05, 0.1) is 11.0 Å². The first-order valence-electron chi connectivity index (χ1n) is 9.57. The number of furan rings is 1. The topological polar surface area (TPSA) is 88.7 Å². The van der Waals surface area contributed by atoms with E-state index in [0.29, 0.717) is 28.5 Å². The minimum absolute atomic E-state index is 0.219. The standard InChI is InChI=1S/C22H19N3O4/c1-13-5-4-10-25(13)21-20(19-11-14-6-2-3-7-18(14)29-19)23-16-9-8-15(28-22(26)27)12-17(16)24-21/h2-3,6-9,11-13H,4-5,10H2,1H3,(H,26,27)/t13-/m0/s1. The van der Waals surface area contributed by atoms with Gasteiger partial charge in [0.25, 0.3) is 0 Å². The van der Waals surface area contributed by atoms with Crippen molar-refractivity contribution in [2.45, 2.75) is 25.8 Å². The van der Waals surface area contributed by atoms with Crippen LogP contribution in [-0.2, 0) is 0 Å². The molecule has 5 rings (SSSR count). The van der Waals surface area contributed by atoms with Crippen LogP contribution in [0.25, 0.3) is 33.5 Å². The van der Waals surface area contributed by atoms with Crippen molar-refractivity contribution in [1.29, 1.82) is 0 Å². The summed E-state index contributed by atoms with van der Waals surface area (Å²) in [5.41, 5.74) is 2.72. The molecule has 7 nitrogen and oxygen atoms in total. The molecule has 1 saturated heterocycles. The lowest BCUT2D eigenvalue weighted by molar-refractivity contribution is 0.144. The maximum atomic E-state index is 10.9. The van der Waals surface area contributed by atoms with Crippen molar-refractivity contribution >= 4 is 34.0 Å². The average Bonchev–Trinajstić information content (AvgIpc) is 3.32. The SMILES string of the molecule is C[C@H]1CCCN1c1nc2cc(OC(=O)O)ccc2nc1-c1cc2ccccc2o1. The number of anilines is 1. The quantitative estimate of drug-likeness (QED) is 0.386. The van der Waals surface area contributed by atoms with Crippen molar-refractivity contribution in [3.8, 4) is 17.2 Å². The molecule has 7 heteroatoms. The Labute approximate surface area is 166 Å². The maximum absolute atomic E-state index is 10.9. The Kier molecular flexibility index (Phi) is 4.08. The lowest BCUT2D eigenvalue weighted by Crippen LogP contribution is -2.28. The Bertz CT molecular complexity index is 1200. The van der Waals surface area contributed by atoms with Crippen molar-refractivity contribution < 1.29 is 19.1 Å². The van der Waals surface area contributed by atoms with E-state index in [1.807, 2.05) is 30.3 Å². The van der Waals surface area contributed by atoms with Crippen LogP contribution >= 0.6 is 0 Å². The molecule has 146 valence electrons.